The number of amides is 1. The molecule has 0 saturated carbocycles. The van der Waals surface area contributed by atoms with Crippen molar-refractivity contribution in [2.75, 3.05) is 20.2 Å². The van der Waals surface area contributed by atoms with Crippen LogP contribution in [0, 0.1) is 0 Å². The Balaban J connectivity index is 1.57. The second-order valence-corrected chi connectivity index (χ2v) is 5.61. The Morgan fingerprint density at radius 3 is 3.00 bits per heavy atom. The van der Waals surface area contributed by atoms with Crippen LogP contribution in [0.2, 0.25) is 0 Å². The highest BCUT2D eigenvalue weighted by molar-refractivity contribution is 5.91. The maximum Gasteiger partial charge on any atom is 0.290 e. The second kappa shape index (κ2) is 7.35. The lowest BCUT2D eigenvalue weighted by atomic mass is 10.2. The molecule has 2 atom stereocenters. The minimum absolute atomic E-state index is 0.0599. The Labute approximate surface area is 138 Å². The third-order valence-electron chi connectivity index (χ3n) is 3.90. The molecule has 1 aliphatic heterocycles. The lowest BCUT2D eigenvalue weighted by Crippen LogP contribution is -2.39. The Morgan fingerprint density at radius 1 is 1.50 bits per heavy atom. The van der Waals surface area contributed by atoms with E-state index in [2.05, 4.69) is 20.4 Å². The maximum atomic E-state index is 13.8. The number of rotatable bonds is 6. The highest BCUT2D eigenvalue weighted by Gasteiger charge is 2.32. The molecule has 0 unspecified atom stereocenters. The van der Waals surface area contributed by atoms with Crippen molar-refractivity contribution in [2.24, 2.45) is 0 Å². The first kappa shape index (κ1) is 16.3. The molecular weight excluding hydrogens is 317 g/mol. The number of nitrogens with one attached hydrogen (secondary N) is 1. The second-order valence-electron chi connectivity index (χ2n) is 5.61. The van der Waals surface area contributed by atoms with Crippen LogP contribution in [-0.4, -0.2) is 58.3 Å². The van der Waals surface area contributed by atoms with Gasteiger partial charge in [-0.05, 0) is 11.6 Å². The van der Waals surface area contributed by atoms with Crippen molar-refractivity contribution in [1.29, 1.82) is 0 Å². The number of hydrogen-bond acceptors (Lipinski definition) is 7. The molecule has 24 heavy (non-hydrogen) atoms. The van der Waals surface area contributed by atoms with E-state index < -0.39 is 12.1 Å². The van der Waals surface area contributed by atoms with Crippen molar-refractivity contribution >= 4 is 5.91 Å². The summed E-state index contributed by atoms with van der Waals surface area (Å²) in [7, 11) is 1.44. The first-order valence-corrected chi connectivity index (χ1v) is 7.56. The van der Waals surface area contributed by atoms with E-state index in [0.29, 0.717) is 26.1 Å². The fourth-order valence-corrected chi connectivity index (χ4v) is 2.73. The highest BCUT2D eigenvalue weighted by Crippen LogP contribution is 2.22. The van der Waals surface area contributed by atoms with Crippen molar-refractivity contribution in [3.05, 3.63) is 36.1 Å². The molecule has 9 heteroatoms. The van der Waals surface area contributed by atoms with Crippen LogP contribution in [0.4, 0.5) is 4.39 Å². The van der Waals surface area contributed by atoms with Crippen molar-refractivity contribution in [1.82, 2.24) is 25.3 Å². The van der Waals surface area contributed by atoms with Gasteiger partial charge >= 0.3 is 0 Å². The van der Waals surface area contributed by atoms with Crippen LogP contribution in [-0.2, 0) is 6.54 Å². The summed E-state index contributed by atoms with van der Waals surface area (Å²) in [5.74, 6) is -0.115. The number of ether oxygens (including phenoxy) is 1. The van der Waals surface area contributed by atoms with Gasteiger partial charge in [-0.3, -0.25) is 9.69 Å². The topological polar surface area (TPSA) is 93.4 Å². The van der Waals surface area contributed by atoms with Gasteiger partial charge in [0.2, 0.25) is 5.76 Å². The molecule has 1 aliphatic rings. The number of likely N-dealkylation sites (tertiary alicyclic amines) is 1. The zero-order valence-corrected chi connectivity index (χ0v) is 13.2. The monoisotopic (exact) mass is 335 g/mol. The molecule has 0 bridgehead atoms. The lowest BCUT2D eigenvalue weighted by molar-refractivity contribution is 0.0902. The van der Waals surface area contributed by atoms with Gasteiger partial charge in [-0.2, -0.15) is 0 Å². The molecular formula is C15H18FN5O3. The average Bonchev–Trinajstić information content (AvgIpc) is 3.20. The summed E-state index contributed by atoms with van der Waals surface area (Å²) in [4.78, 5) is 21.9. The number of carbonyl (C=O) groups excluding carboxylic acids is 1. The van der Waals surface area contributed by atoms with Gasteiger partial charge in [0.05, 0.1) is 13.2 Å². The van der Waals surface area contributed by atoms with Gasteiger partial charge in [-0.1, -0.05) is 0 Å². The number of carbonyl (C=O) groups is 1. The summed E-state index contributed by atoms with van der Waals surface area (Å²) in [5.41, 5.74) is 0.905. The van der Waals surface area contributed by atoms with Crippen LogP contribution in [0.5, 0.6) is 5.88 Å². The quantitative estimate of drug-likeness (QED) is 0.835. The summed E-state index contributed by atoms with van der Waals surface area (Å²) in [6.45, 7) is 1.18. The van der Waals surface area contributed by atoms with E-state index in [1.165, 1.54) is 19.5 Å². The summed E-state index contributed by atoms with van der Waals surface area (Å²) >= 11 is 0. The first-order chi connectivity index (χ1) is 11.7. The van der Waals surface area contributed by atoms with E-state index in [1.807, 2.05) is 4.90 Å². The number of halogens is 1. The van der Waals surface area contributed by atoms with Crippen LogP contribution < -0.4 is 10.1 Å². The first-order valence-electron chi connectivity index (χ1n) is 7.56. The van der Waals surface area contributed by atoms with Crippen molar-refractivity contribution in [2.45, 2.75) is 25.2 Å². The third-order valence-corrected chi connectivity index (χ3v) is 3.90. The summed E-state index contributed by atoms with van der Waals surface area (Å²) in [5, 5.41) is 6.32. The predicted octanol–water partition coefficient (Wildman–Crippen LogP) is 0.816. The molecule has 1 amide bonds. The third kappa shape index (κ3) is 3.85. The molecule has 0 aromatic carbocycles. The molecule has 2 aromatic heterocycles. The summed E-state index contributed by atoms with van der Waals surface area (Å²) < 4.78 is 23.5. The van der Waals surface area contributed by atoms with Crippen molar-refractivity contribution in [3.8, 4) is 5.88 Å². The Hall–Kier alpha value is -2.55. The molecule has 128 valence electrons. The van der Waals surface area contributed by atoms with Gasteiger partial charge in [-0.15, -0.1) is 0 Å². The Bertz CT molecular complexity index is 681. The normalized spacial score (nSPS) is 20.9. The SMILES string of the molecule is COc1cc(C(=O)NC[C@@H]2C[C@H](F)CN2Cc2cncnc2)on1. The zero-order chi connectivity index (χ0) is 16.9. The maximum absolute atomic E-state index is 13.8. The van der Waals surface area contributed by atoms with E-state index >= 15 is 0 Å². The van der Waals surface area contributed by atoms with Gasteiger partial charge in [0.15, 0.2) is 0 Å². The minimum atomic E-state index is -0.915. The minimum Gasteiger partial charge on any atom is -0.479 e. The van der Waals surface area contributed by atoms with E-state index in [0.717, 1.165) is 5.56 Å². The molecule has 8 nitrogen and oxygen atoms in total. The van der Waals surface area contributed by atoms with Crippen LogP contribution >= 0.6 is 0 Å². The molecule has 3 rings (SSSR count). The number of nitrogens with zero attached hydrogens (tertiary/aromatic N) is 4. The lowest BCUT2D eigenvalue weighted by Gasteiger charge is -2.23. The molecule has 0 radical (unpaired) electrons. The molecule has 1 fully saturated rings. The average molecular weight is 335 g/mol. The van der Waals surface area contributed by atoms with Crippen molar-refractivity contribution in [3.63, 3.8) is 0 Å². The smallest absolute Gasteiger partial charge is 0.290 e. The Kier molecular flexibility index (Phi) is 4.99. The molecule has 1 N–H and O–H groups in total. The predicted molar refractivity (Wildman–Crippen MR) is 81.1 cm³/mol. The van der Waals surface area contributed by atoms with Crippen LogP contribution in [0.3, 0.4) is 0 Å². The van der Waals surface area contributed by atoms with Crippen molar-refractivity contribution < 1.29 is 18.4 Å². The number of aromatic nitrogens is 3. The van der Waals surface area contributed by atoms with Gasteiger partial charge in [-0.25, -0.2) is 14.4 Å². The molecule has 3 heterocycles. The molecule has 1 saturated heterocycles. The van der Waals surface area contributed by atoms with Crippen LogP contribution in [0.1, 0.15) is 22.5 Å². The van der Waals surface area contributed by atoms with Crippen LogP contribution in [0.15, 0.2) is 29.3 Å². The molecule has 2 aromatic rings. The van der Waals surface area contributed by atoms with Crippen LogP contribution in [0.25, 0.3) is 0 Å². The van der Waals surface area contributed by atoms with E-state index in [-0.39, 0.29) is 17.7 Å². The summed E-state index contributed by atoms with van der Waals surface area (Å²) in [6, 6.07) is 1.30. The number of hydrogen-bond donors (Lipinski definition) is 1. The summed E-state index contributed by atoms with van der Waals surface area (Å²) in [6.07, 6.45) is 4.31. The van der Waals surface area contributed by atoms with Gasteiger partial charge in [0.1, 0.15) is 12.5 Å². The zero-order valence-electron chi connectivity index (χ0n) is 13.2. The standard InChI is InChI=1S/C15H18FN5O3/c1-23-14-3-13(24-20-14)15(22)19-6-12-2-11(16)8-21(12)7-10-4-17-9-18-5-10/h3-5,9,11-12H,2,6-8H2,1H3,(H,19,22)/t11-,12-/m0/s1. The van der Waals surface area contributed by atoms with E-state index in [4.69, 9.17) is 9.26 Å². The number of methoxy groups -OCH3 is 1. The van der Waals surface area contributed by atoms with Gasteiger partial charge < -0.3 is 14.6 Å². The van der Waals surface area contributed by atoms with E-state index in [1.54, 1.807) is 12.4 Å². The number of alkyl halides is 1. The highest BCUT2D eigenvalue weighted by atomic mass is 19.1. The molecule has 0 spiro atoms. The van der Waals surface area contributed by atoms with Gasteiger partial charge in [0.25, 0.3) is 11.8 Å². The fourth-order valence-electron chi connectivity index (χ4n) is 2.73. The Morgan fingerprint density at radius 2 is 2.29 bits per heavy atom. The molecule has 0 aliphatic carbocycles. The fraction of sp³-hybridized carbons (Fsp3) is 0.467. The largest absolute Gasteiger partial charge is 0.479 e. The van der Waals surface area contributed by atoms with Gasteiger partial charge in [0, 0.05) is 43.6 Å². The van der Waals surface area contributed by atoms with E-state index in [9.17, 15) is 9.18 Å².